The van der Waals surface area contributed by atoms with E-state index in [4.69, 9.17) is 9.47 Å². The van der Waals surface area contributed by atoms with E-state index in [9.17, 15) is 9.18 Å². The predicted octanol–water partition coefficient (Wildman–Crippen LogP) is 1.52. The number of halogens is 1. The highest BCUT2D eigenvalue weighted by Gasteiger charge is 2.34. The van der Waals surface area contributed by atoms with E-state index in [1.54, 1.807) is 12.1 Å². The molecule has 0 bridgehead atoms. The Labute approximate surface area is 169 Å². The first-order valence-corrected chi connectivity index (χ1v) is 9.96. The summed E-state index contributed by atoms with van der Waals surface area (Å²) in [6.07, 6.45) is 1.65. The van der Waals surface area contributed by atoms with Gasteiger partial charge in [-0.3, -0.25) is 14.8 Å². The lowest BCUT2D eigenvalue weighted by atomic mass is 10.0. The molecule has 0 spiro atoms. The molecule has 1 aromatic carbocycles. The number of carbonyl (C=O) groups is 1. The number of H-pyrrole nitrogens is 1. The number of hydrogen-bond acceptors (Lipinski definition) is 6. The monoisotopic (exact) mass is 403 g/mol. The lowest BCUT2D eigenvalue weighted by Gasteiger charge is -2.41. The van der Waals surface area contributed by atoms with Gasteiger partial charge in [-0.2, -0.15) is 5.10 Å². The Bertz CT molecular complexity index is 820. The molecule has 29 heavy (non-hydrogen) atoms. The van der Waals surface area contributed by atoms with Gasteiger partial charge in [-0.25, -0.2) is 9.37 Å². The van der Waals surface area contributed by atoms with Gasteiger partial charge >= 0.3 is 0 Å². The molecule has 0 radical (unpaired) electrons. The Hall–Kier alpha value is -2.52. The molecule has 4 rings (SSSR count). The van der Waals surface area contributed by atoms with Crippen LogP contribution in [0, 0.1) is 12.7 Å². The number of aryl methyl sites for hydroxylation is 1. The summed E-state index contributed by atoms with van der Waals surface area (Å²) in [5.41, 5.74) is 0. The smallest absolute Gasteiger partial charge is 0.248 e. The van der Waals surface area contributed by atoms with Crippen LogP contribution in [0.1, 0.15) is 24.5 Å². The number of amides is 1. The van der Waals surface area contributed by atoms with E-state index in [0.717, 1.165) is 44.1 Å². The molecule has 8 nitrogen and oxygen atoms in total. The van der Waals surface area contributed by atoms with Crippen LogP contribution in [0.3, 0.4) is 0 Å². The maximum atomic E-state index is 13.0. The van der Waals surface area contributed by atoms with Crippen LogP contribution in [0.15, 0.2) is 24.3 Å². The minimum atomic E-state index is -0.299. The average Bonchev–Trinajstić information content (AvgIpc) is 3.14. The molecule has 1 unspecified atom stereocenters. The minimum Gasteiger partial charge on any atom is -0.491 e. The summed E-state index contributed by atoms with van der Waals surface area (Å²) in [4.78, 5) is 21.0. The van der Waals surface area contributed by atoms with Crippen molar-refractivity contribution in [2.45, 2.75) is 38.5 Å². The van der Waals surface area contributed by atoms with Crippen LogP contribution in [-0.2, 0) is 16.1 Å². The van der Waals surface area contributed by atoms with Gasteiger partial charge in [-0.05, 0) is 44.0 Å². The Morgan fingerprint density at radius 2 is 2.03 bits per heavy atom. The van der Waals surface area contributed by atoms with Crippen molar-refractivity contribution in [1.82, 2.24) is 25.0 Å². The van der Waals surface area contributed by atoms with E-state index in [-0.39, 0.29) is 30.5 Å². The Kier molecular flexibility index (Phi) is 6.05. The second-order valence-corrected chi connectivity index (χ2v) is 7.59. The van der Waals surface area contributed by atoms with E-state index in [0.29, 0.717) is 18.9 Å². The molecule has 0 aliphatic carbocycles. The van der Waals surface area contributed by atoms with Crippen molar-refractivity contribution in [2.24, 2.45) is 0 Å². The van der Waals surface area contributed by atoms with Crippen LogP contribution in [0.2, 0.25) is 0 Å². The molecule has 0 saturated carbocycles. The number of aromatic nitrogens is 3. The molecule has 2 aliphatic heterocycles. The summed E-state index contributed by atoms with van der Waals surface area (Å²) >= 11 is 0. The van der Waals surface area contributed by atoms with E-state index in [1.165, 1.54) is 12.1 Å². The van der Waals surface area contributed by atoms with Crippen LogP contribution in [0.4, 0.5) is 4.39 Å². The van der Waals surface area contributed by atoms with Crippen molar-refractivity contribution < 1.29 is 18.7 Å². The van der Waals surface area contributed by atoms with E-state index < -0.39 is 0 Å². The number of carbonyl (C=O) groups excluding carboxylic acids is 1. The topological polar surface area (TPSA) is 83.6 Å². The van der Waals surface area contributed by atoms with E-state index in [1.807, 2.05) is 11.8 Å². The van der Waals surface area contributed by atoms with Crippen molar-refractivity contribution in [1.29, 1.82) is 0 Å². The number of ether oxygens (including phenoxy) is 2. The van der Waals surface area contributed by atoms with Crippen LogP contribution in [0.5, 0.6) is 5.75 Å². The molecule has 2 aliphatic rings. The average molecular weight is 403 g/mol. The number of likely N-dealkylation sites (tertiary alicyclic amines) is 1. The maximum Gasteiger partial charge on any atom is 0.248 e. The van der Waals surface area contributed by atoms with Gasteiger partial charge in [0.25, 0.3) is 0 Å². The fourth-order valence-corrected chi connectivity index (χ4v) is 3.87. The van der Waals surface area contributed by atoms with Crippen molar-refractivity contribution in [3.8, 4) is 5.75 Å². The first-order valence-electron chi connectivity index (χ1n) is 9.96. The van der Waals surface area contributed by atoms with Gasteiger partial charge in [0.2, 0.25) is 5.91 Å². The van der Waals surface area contributed by atoms with Crippen LogP contribution in [0.25, 0.3) is 0 Å². The lowest BCUT2D eigenvalue weighted by molar-refractivity contribution is -0.155. The number of morpholine rings is 1. The van der Waals surface area contributed by atoms with Gasteiger partial charge in [0.1, 0.15) is 36.7 Å². The Morgan fingerprint density at radius 3 is 2.72 bits per heavy atom. The highest BCUT2D eigenvalue weighted by Crippen LogP contribution is 2.21. The number of rotatable bonds is 6. The summed E-state index contributed by atoms with van der Waals surface area (Å²) in [6.45, 7) is 5.35. The van der Waals surface area contributed by atoms with Gasteiger partial charge in [0.05, 0.1) is 13.1 Å². The van der Waals surface area contributed by atoms with Crippen molar-refractivity contribution in [3.63, 3.8) is 0 Å². The molecule has 2 aromatic rings. The summed E-state index contributed by atoms with van der Waals surface area (Å²) < 4.78 is 24.3. The highest BCUT2D eigenvalue weighted by molar-refractivity contribution is 5.78. The van der Waals surface area contributed by atoms with Crippen LogP contribution >= 0.6 is 0 Å². The molecule has 9 heteroatoms. The fourth-order valence-electron chi connectivity index (χ4n) is 3.87. The van der Waals surface area contributed by atoms with Gasteiger partial charge in [-0.1, -0.05) is 0 Å². The maximum absolute atomic E-state index is 13.0. The molecule has 1 atom stereocenters. The molecule has 1 aromatic heterocycles. The molecule has 2 fully saturated rings. The summed E-state index contributed by atoms with van der Waals surface area (Å²) in [6, 6.07) is 6.12. The van der Waals surface area contributed by atoms with Crippen LogP contribution < -0.4 is 4.74 Å². The number of aromatic amines is 1. The second-order valence-electron chi connectivity index (χ2n) is 7.59. The third-order valence-electron chi connectivity index (χ3n) is 5.42. The number of nitrogens with one attached hydrogen (secondary N) is 1. The lowest BCUT2D eigenvalue weighted by Crippen LogP contribution is -2.55. The summed E-state index contributed by atoms with van der Waals surface area (Å²) in [5.74, 6) is 1.96. The molecule has 2 saturated heterocycles. The first-order chi connectivity index (χ1) is 14.1. The summed E-state index contributed by atoms with van der Waals surface area (Å²) in [5, 5.41) is 7.07. The van der Waals surface area contributed by atoms with Crippen molar-refractivity contribution in [2.75, 3.05) is 32.8 Å². The number of benzene rings is 1. The molecule has 156 valence electrons. The van der Waals surface area contributed by atoms with Gasteiger partial charge in [0.15, 0.2) is 5.82 Å². The minimum absolute atomic E-state index is 0.0334. The Morgan fingerprint density at radius 1 is 1.28 bits per heavy atom. The second kappa shape index (κ2) is 8.87. The van der Waals surface area contributed by atoms with E-state index >= 15 is 0 Å². The third-order valence-corrected chi connectivity index (χ3v) is 5.42. The largest absolute Gasteiger partial charge is 0.491 e. The fraction of sp³-hybridized carbons (Fsp3) is 0.550. The van der Waals surface area contributed by atoms with Crippen LogP contribution in [-0.4, -0.2) is 75.9 Å². The van der Waals surface area contributed by atoms with E-state index in [2.05, 4.69) is 20.1 Å². The van der Waals surface area contributed by atoms with Gasteiger partial charge in [0, 0.05) is 19.1 Å². The SMILES string of the molecule is Cc1nc(CN2CCC(N3CC(COc4ccc(F)cc4)OCC3=O)CC2)n[nH]1. The summed E-state index contributed by atoms with van der Waals surface area (Å²) in [7, 11) is 0. The number of nitrogens with zero attached hydrogens (tertiary/aromatic N) is 4. The molecule has 3 heterocycles. The first kappa shape index (κ1) is 19.8. The molecule has 1 amide bonds. The number of hydrogen-bond donors (Lipinski definition) is 1. The quantitative estimate of drug-likeness (QED) is 0.788. The number of piperidine rings is 1. The molecular formula is C20H26FN5O3. The van der Waals surface area contributed by atoms with Gasteiger partial charge in [-0.15, -0.1) is 0 Å². The highest BCUT2D eigenvalue weighted by atomic mass is 19.1. The molecular weight excluding hydrogens is 377 g/mol. The normalized spacial score (nSPS) is 21.5. The third kappa shape index (κ3) is 5.10. The van der Waals surface area contributed by atoms with Crippen molar-refractivity contribution >= 4 is 5.91 Å². The van der Waals surface area contributed by atoms with Crippen molar-refractivity contribution in [3.05, 3.63) is 41.7 Å². The molecule has 1 N–H and O–H groups in total. The zero-order valence-corrected chi connectivity index (χ0v) is 16.5. The van der Waals surface area contributed by atoms with Gasteiger partial charge < -0.3 is 14.4 Å². The Balaban J connectivity index is 1.26. The zero-order chi connectivity index (χ0) is 20.2. The predicted molar refractivity (Wildman–Crippen MR) is 103 cm³/mol. The zero-order valence-electron chi connectivity index (χ0n) is 16.5. The standard InChI is InChI=1S/C20H26FN5O3/c1-14-22-19(24-23-14)11-25-8-6-16(7-9-25)26-10-18(29-13-20(26)27)12-28-17-4-2-15(21)3-5-17/h2-5,16,18H,6-13H2,1H3,(H,22,23,24).